The van der Waals surface area contributed by atoms with Crippen molar-refractivity contribution in [2.24, 2.45) is 0 Å². The Hall–Kier alpha value is -3.04. The van der Waals surface area contributed by atoms with Crippen molar-refractivity contribution >= 4 is 18.3 Å². The van der Waals surface area contributed by atoms with Gasteiger partial charge in [0.25, 0.3) is 5.91 Å². The van der Waals surface area contributed by atoms with Gasteiger partial charge in [0.1, 0.15) is 5.82 Å². The normalized spacial score (nSPS) is 14.3. The Labute approximate surface area is 179 Å². The van der Waals surface area contributed by atoms with Gasteiger partial charge in [0, 0.05) is 37.8 Å². The maximum Gasteiger partial charge on any atom is 0.293 e. The smallest absolute Gasteiger partial charge is 0.293 e. The summed E-state index contributed by atoms with van der Waals surface area (Å²) < 4.78 is 20.0. The van der Waals surface area contributed by atoms with E-state index in [0.717, 1.165) is 13.1 Å². The number of benzene rings is 1. The molecule has 0 spiro atoms. The van der Waals surface area contributed by atoms with Crippen molar-refractivity contribution < 1.29 is 13.9 Å². The average molecular weight is 433 g/mol. The van der Waals surface area contributed by atoms with Crippen LogP contribution in [-0.2, 0) is 0 Å². The summed E-state index contributed by atoms with van der Waals surface area (Å²) in [6.07, 6.45) is 1.59. The second-order valence-corrected chi connectivity index (χ2v) is 6.83. The van der Waals surface area contributed by atoms with Crippen LogP contribution in [-0.4, -0.2) is 75.8 Å². The number of aromatic nitrogens is 4. The highest BCUT2D eigenvalue weighted by Crippen LogP contribution is 2.23. The van der Waals surface area contributed by atoms with Crippen molar-refractivity contribution in [2.45, 2.75) is 0 Å². The lowest BCUT2D eigenvalue weighted by molar-refractivity contribution is 0.0652. The highest BCUT2D eigenvalue weighted by Gasteiger charge is 2.26. The Kier molecular flexibility index (Phi) is 6.63. The molecule has 1 amide bonds. The first-order chi connectivity index (χ1) is 14.0. The molecule has 4 rings (SSSR count). The number of amides is 1. The van der Waals surface area contributed by atoms with Crippen molar-refractivity contribution in [1.82, 2.24) is 29.5 Å². The molecule has 1 fully saturated rings. The third-order valence-electron chi connectivity index (χ3n) is 4.87. The Bertz CT molecular complexity index is 1000. The van der Waals surface area contributed by atoms with Crippen LogP contribution < -0.4 is 4.74 Å². The van der Waals surface area contributed by atoms with Crippen LogP contribution in [0.15, 0.2) is 42.6 Å². The van der Waals surface area contributed by atoms with Gasteiger partial charge < -0.3 is 14.5 Å². The number of rotatable bonds is 4. The predicted octanol–water partition coefficient (Wildman–Crippen LogP) is 2.29. The van der Waals surface area contributed by atoms with Crippen molar-refractivity contribution in [3.63, 3.8) is 0 Å². The lowest BCUT2D eigenvalue weighted by Gasteiger charge is -2.31. The Balaban J connectivity index is 0.00000256. The number of pyridine rings is 1. The van der Waals surface area contributed by atoms with Crippen LogP contribution in [0.5, 0.6) is 5.88 Å². The standard InChI is InChI=1S/C20H21FN6O2.ClH/c1-25-9-11-26(12-10-25)20(28)18-23-19(14-3-5-15(21)6-4-14)27(24-18)16-7-8-17(29-2)22-13-16;/h3-8,13H,9-12H2,1-2H3;1H. The molecular formula is C20H22ClFN6O2. The fraction of sp³-hybridized carbons (Fsp3) is 0.300. The van der Waals surface area contributed by atoms with E-state index in [0.29, 0.717) is 36.0 Å². The van der Waals surface area contributed by atoms with Crippen LogP contribution in [0.25, 0.3) is 17.1 Å². The van der Waals surface area contributed by atoms with Crippen LogP contribution in [0.4, 0.5) is 4.39 Å². The van der Waals surface area contributed by atoms with Crippen LogP contribution in [0.2, 0.25) is 0 Å². The van der Waals surface area contributed by atoms with E-state index >= 15 is 0 Å². The molecule has 2 aromatic heterocycles. The number of methoxy groups -OCH3 is 1. The first-order valence-electron chi connectivity index (χ1n) is 9.26. The number of piperazine rings is 1. The summed E-state index contributed by atoms with van der Waals surface area (Å²) in [6, 6.07) is 9.39. The van der Waals surface area contributed by atoms with Gasteiger partial charge in [0.2, 0.25) is 11.7 Å². The predicted molar refractivity (Wildman–Crippen MR) is 112 cm³/mol. The number of halogens is 2. The molecule has 3 heterocycles. The molecule has 10 heteroatoms. The average Bonchev–Trinajstić information content (AvgIpc) is 3.20. The molecule has 3 aromatic rings. The second kappa shape index (κ2) is 9.19. The van der Waals surface area contributed by atoms with Crippen molar-refractivity contribution in [3.8, 4) is 23.0 Å². The molecular weight excluding hydrogens is 411 g/mol. The van der Waals surface area contributed by atoms with E-state index in [-0.39, 0.29) is 30.0 Å². The minimum Gasteiger partial charge on any atom is -0.481 e. The van der Waals surface area contributed by atoms with E-state index in [4.69, 9.17) is 4.74 Å². The van der Waals surface area contributed by atoms with Crippen molar-refractivity contribution in [1.29, 1.82) is 0 Å². The van der Waals surface area contributed by atoms with Crippen LogP contribution >= 0.6 is 12.4 Å². The fourth-order valence-electron chi connectivity index (χ4n) is 3.14. The first kappa shape index (κ1) is 21.7. The van der Waals surface area contributed by atoms with Crippen LogP contribution in [0.1, 0.15) is 10.6 Å². The number of carbonyl (C=O) groups is 1. The number of likely N-dealkylation sites (N-methyl/N-ethyl adjacent to an activating group) is 1. The zero-order valence-electron chi connectivity index (χ0n) is 16.7. The Morgan fingerprint density at radius 1 is 1.07 bits per heavy atom. The minimum atomic E-state index is -0.348. The second-order valence-electron chi connectivity index (χ2n) is 6.83. The number of ether oxygens (including phenoxy) is 1. The molecule has 8 nitrogen and oxygen atoms in total. The van der Waals surface area contributed by atoms with E-state index in [9.17, 15) is 9.18 Å². The number of nitrogens with zero attached hydrogens (tertiary/aromatic N) is 6. The lowest BCUT2D eigenvalue weighted by atomic mass is 10.2. The van der Waals surface area contributed by atoms with Gasteiger partial charge in [-0.15, -0.1) is 17.5 Å². The maximum atomic E-state index is 13.4. The maximum absolute atomic E-state index is 13.4. The Morgan fingerprint density at radius 2 is 1.77 bits per heavy atom. The van der Waals surface area contributed by atoms with Gasteiger partial charge in [-0.05, 0) is 37.4 Å². The van der Waals surface area contributed by atoms with Gasteiger partial charge in [-0.3, -0.25) is 4.79 Å². The molecule has 0 N–H and O–H groups in total. The summed E-state index contributed by atoms with van der Waals surface area (Å²) in [5, 5.41) is 4.46. The van der Waals surface area contributed by atoms with Gasteiger partial charge in [-0.2, -0.15) is 0 Å². The largest absolute Gasteiger partial charge is 0.481 e. The third-order valence-corrected chi connectivity index (χ3v) is 4.87. The fourth-order valence-corrected chi connectivity index (χ4v) is 3.14. The lowest BCUT2D eigenvalue weighted by Crippen LogP contribution is -2.47. The molecule has 0 bridgehead atoms. The number of hydrogen-bond acceptors (Lipinski definition) is 6. The van der Waals surface area contributed by atoms with E-state index in [1.807, 2.05) is 7.05 Å². The van der Waals surface area contributed by atoms with E-state index in [1.54, 1.807) is 40.0 Å². The van der Waals surface area contributed by atoms with Gasteiger partial charge in [-0.25, -0.2) is 19.0 Å². The zero-order chi connectivity index (χ0) is 20.4. The van der Waals surface area contributed by atoms with Crippen molar-refractivity contribution in [3.05, 3.63) is 54.2 Å². The molecule has 1 aliphatic heterocycles. The molecule has 0 unspecified atom stereocenters. The first-order valence-corrected chi connectivity index (χ1v) is 9.26. The zero-order valence-corrected chi connectivity index (χ0v) is 17.5. The monoisotopic (exact) mass is 432 g/mol. The minimum absolute atomic E-state index is 0. The van der Waals surface area contributed by atoms with Gasteiger partial charge >= 0.3 is 0 Å². The third kappa shape index (κ3) is 4.42. The van der Waals surface area contributed by atoms with Crippen molar-refractivity contribution in [2.75, 3.05) is 40.3 Å². The number of carbonyl (C=O) groups excluding carboxylic acids is 1. The molecule has 1 aliphatic rings. The molecule has 1 aromatic carbocycles. The quantitative estimate of drug-likeness (QED) is 0.629. The molecule has 30 heavy (non-hydrogen) atoms. The van der Waals surface area contributed by atoms with Gasteiger partial charge in [0.15, 0.2) is 5.82 Å². The molecule has 0 saturated carbocycles. The Morgan fingerprint density at radius 3 is 2.37 bits per heavy atom. The van der Waals surface area contributed by atoms with Gasteiger partial charge in [0.05, 0.1) is 19.0 Å². The summed E-state index contributed by atoms with van der Waals surface area (Å²) in [5.41, 5.74) is 1.27. The summed E-state index contributed by atoms with van der Waals surface area (Å²) in [6.45, 7) is 2.86. The summed E-state index contributed by atoms with van der Waals surface area (Å²) >= 11 is 0. The van der Waals surface area contributed by atoms with E-state index in [1.165, 1.54) is 19.2 Å². The summed E-state index contributed by atoms with van der Waals surface area (Å²) in [4.78, 5) is 25.6. The highest BCUT2D eigenvalue weighted by atomic mass is 35.5. The molecule has 0 atom stereocenters. The van der Waals surface area contributed by atoms with E-state index < -0.39 is 0 Å². The van der Waals surface area contributed by atoms with E-state index in [2.05, 4.69) is 20.0 Å². The molecule has 0 radical (unpaired) electrons. The summed E-state index contributed by atoms with van der Waals surface area (Å²) in [5.74, 6) is 0.437. The van der Waals surface area contributed by atoms with Crippen LogP contribution in [0.3, 0.4) is 0 Å². The topological polar surface area (TPSA) is 76.4 Å². The molecule has 0 aliphatic carbocycles. The number of hydrogen-bond donors (Lipinski definition) is 0. The van der Waals surface area contributed by atoms with Gasteiger partial charge in [-0.1, -0.05) is 0 Å². The molecule has 158 valence electrons. The molecule has 1 saturated heterocycles. The SMILES string of the molecule is COc1ccc(-n2nc(C(=O)N3CCN(C)CC3)nc2-c2ccc(F)cc2)cn1.Cl. The summed E-state index contributed by atoms with van der Waals surface area (Å²) in [7, 11) is 3.56. The van der Waals surface area contributed by atoms with Crippen LogP contribution in [0, 0.1) is 5.82 Å². The highest BCUT2D eigenvalue weighted by molar-refractivity contribution is 5.91.